The van der Waals surface area contributed by atoms with Crippen LogP contribution in [0.2, 0.25) is 18.6 Å². The molecule has 1 aromatic rings. The maximum absolute atomic E-state index is 2.52. The van der Waals surface area contributed by atoms with Gasteiger partial charge in [0.2, 0.25) is 0 Å². The zero-order valence-electron chi connectivity index (χ0n) is 12.0. The highest BCUT2D eigenvalue weighted by atomic mass is 28.3. The van der Waals surface area contributed by atoms with E-state index in [1.807, 2.05) is 0 Å². The van der Waals surface area contributed by atoms with Crippen LogP contribution in [0.1, 0.15) is 20.3 Å². The van der Waals surface area contributed by atoms with Crippen molar-refractivity contribution in [3.05, 3.63) is 54.1 Å². The molecule has 0 saturated carbocycles. The molecule has 2 rings (SSSR count). The Morgan fingerprint density at radius 1 is 1.17 bits per heavy atom. The van der Waals surface area contributed by atoms with Crippen LogP contribution < -0.4 is 5.19 Å². The molecule has 0 spiro atoms. The summed E-state index contributed by atoms with van der Waals surface area (Å²) in [6.07, 6.45) is 8.54. The fourth-order valence-electron chi connectivity index (χ4n) is 2.61. The van der Waals surface area contributed by atoms with Gasteiger partial charge in [-0.15, -0.1) is 0 Å². The first-order valence-corrected chi connectivity index (χ1v) is 10.1. The van der Waals surface area contributed by atoms with E-state index < -0.39 is 8.07 Å². The van der Waals surface area contributed by atoms with Gasteiger partial charge in [0, 0.05) is 0 Å². The van der Waals surface area contributed by atoms with E-state index in [-0.39, 0.29) is 0 Å². The maximum atomic E-state index is 2.52. The maximum Gasteiger partial charge on any atom is 0.0911 e. The molecule has 0 aromatic heterocycles. The number of benzene rings is 1. The van der Waals surface area contributed by atoms with E-state index in [1.54, 1.807) is 10.8 Å². The third-order valence-corrected chi connectivity index (χ3v) is 8.25. The van der Waals surface area contributed by atoms with Gasteiger partial charge in [-0.1, -0.05) is 80.7 Å². The minimum Gasteiger partial charge on any atom is -0.0797 e. The van der Waals surface area contributed by atoms with Crippen LogP contribution >= 0.6 is 0 Å². The zero-order chi connectivity index (χ0) is 13.2. The highest BCUT2D eigenvalue weighted by molar-refractivity contribution is 6.91. The van der Waals surface area contributed by atoms with Crippen molar-refractivity contribution in [3.63, 3.8) is 0 Å². The van der Waals surface area contributed by atoms with Gasteiger partial charge in [0.25, 0.3) is 0 Å². The Balaban J connectivity index is 2.24. The van der Waals surface area contributed by atoms with Gasteiger partial charge in [-0.3, -0.25) is 0 Å². The van der Waals surface area contributed by atoms with E-state index >= 15 is 0 Å². The minimum atomic E-state index is -1.41. The summed E-state index contributed by atoms with van der Waals surface area (Å²) in [5.41, 5.74) is 2.20. The summed E-state index contributed by atoms with van der Waals surface area (Å²) in [5, 5.41) is 1.56. The molecular weight excluding hydrogens is 232 g/mol. The molecule has 0 nitrogen and oxygen atoms in total. The van der Waals surface area contributed by atoms with Crippen LogP contribution in [0.25, 0.3) is 0 Å². The van der Waals surface area contributed by atoms with Crippen LogP contribution in [0.15, 0.2) is 54.1 Å². The number of allylic oxidation sites excluding steroid dienone is 4. The van der Waals surface area contributed by atoms with Crippen LogP contribution in [0.3, 0.4) is 0 Å². The molecule has 0 saturated heterocycles. The van der Waals surface area contributed by atoms with Crippen molar-refractivity contribution in [2.24, 2.45) is 5.92 Å². The Bertz CT molecular complexity index is 454. The van der Waals surface area contributed by atoms with Crippen LogP contribution in [-0.2, 0) is 0 Å². The molecule has 96 valence electrons. The Labute approximate surface area is 112 Å². The molecule has 0 aliphatic heterocycles. The highest BCUT2D eigenvalue weighted by Gasteiger charge is 2.32. The first-order valence-electron chi connectivity index (χ1n) is 7.01. The lowest BCUT2D eigenvalue weighted by Crippen LogP contribution is -2.44. The predicted molar refractivity (Wildman–Crippen MR) is 84.0 cm³/mol. The lowest BCUT2D eigenvalue weighted by atomic mass is 10.0. The van der Waals surface area contributed by atoms with E-state index in [2.05, 4.69) is 75.5 Å². The molecule has 18 heavy (non-hydrogen) atoms. The first kappa shape index (κ1) is 13.4. The molecule has 1 aromatic carbocycles. The molecule has 2 unspecified atom stereocenters. The Morgan fingerprint density at radius 2 is 1.83 bits per heavy atom. The van der Waals surface area contributed by atoms with Gasteiger partial charge < -0.3 is 0 Å². The van der Waals surface area contributed by atoms with Crippen molar-refractivity contribution in [3.8, 4) is 0 Å². The normalized spacial score (nSPS) is 20.9. The number of hydrogen-bond donors (Lipinski definition) is 0. The monoisotopic (exact) mass is 256 g/mol. The molecule has 1 aliphatic rings. The lowest BCUT2D eigenvalue weighted by molar-refractivity contribution is 0.671. The van der Waals surface area contributed by atoms with Crippen molar-refractivity contribution in [1.29, 1.82) is 0 Å². The Morgan fingerprint density at radius 3 is 2.44 bits per heavy atom. The molecule has 0 fully saturated rings. The van der Waals surface area contributed by atoms with E-state index in [0.717, 1.165) is 0 Å². The van der Waals surface area contributed by atoms with Gasteiger partial charge in [-0.2, -0.15) is 0 Å². The minimum absolute atomic E-state index is 0.656. The average Bonchev–Trinajstić information content (AvgIpc) is 2.89. The fourth-order valence-corrected chi connectivity index (χ4v) is 5.23. The van der Waals surface area contributed by atoms with E-state index in [0.29, 0.717) is 11.5 Å². The standard InChI is InChI=1S/C17H24Si/c1-5-14(2)15-11-12-17(13-15)18(3,4)16-9-7-6-8-10-16/h6-14,17H,5H2,1-4H3. The summed E-state index contributed by atoms with van der Waals surface area (Å²) in [5.74, 6) is 0.701. The molecule has 2 atom stereocenters. The lowest BCUT2D eigenvalue weighted by Gasteiger charge is -2.27. The van der Waals surface area contributed by atoms with E-state index in [1.165, 1.54) is 6.42 Å². The van der Waals surface area contributed by atoms with E-state index in [9.17, 15) is 0 Å². The van der Waals surface area contributed by atoms with Gasteiger partial charge >= 0.3 is 0 Å². The summed E-state index contributed by atoms with van der Waals surface area (Å²) in [6, 6.07) is 11.0. The van der Waals surface area contributed by atoms with Crippen molar-refractivity contribution < 1.29 is 0 Å². The van der Waals surface area contributed by atoms with Crippen molar-refractivity contribution >= 4 is 13.3 Å². The van der Waals surface area contributed by atoms with Crippen LogP contribution in [0.5, 0.6) is 0 Å². The molecule has 0 heterocycles. The summed E-state index contributed by atoms with van der Waals surface area (Å²) >= 11 is 0. The third-order valence-electron chi connectivity index (χ3n) is 4.40. The van der Waals surface area contributed by atoms with Crippen molar-refractivity contribution in [2.75, 3.05) is 0 Å². The Kier molecular flexibility index (Phi) is 3.91. The molecule has 0 radical (unpaired) electrons. The second-order valence-electron chi connectivity index (χ2n) is 5.95. The topological polar surface area (TPSA) is 0 Å². The number of rotatable bonds is 4. The Hall–Kier alpha value is -1.08. The smallest absolute Gasteiger partial charge is 0.0797 e. The van der Waals surface area contributed by atoms with Gasteiger partial charge in [0.1, 0.15) is 0 Å². The molecule has 1 aliphatic carbocycles. The number of hydrogen-bond acceptors (Lipinski definition) is 0. The second-order valence-corrected chi connectivity index (χ2v) is 10.6. The van der Waals surface area contributed by atoms with Gasteiger partial charge in [-0.05, 0) is 23.5 Å². The first-order chi connectivity index (χ1) is 8.55. The summed E-state index contributed by atoms with van der Waals surface area (Å²) < 4.78 is 0. The third kappa shape index (κ3) is 2.51. The van der Waals surface area contributed by atoms with Gasteiger partial charge in [0.15, 0.2) is 0 Å². The molecular formula is C17H24Si. The van der Waals surface area contributed by atoms with Crippen molar-refractivity contribution in [2.45, 2.75) is 38.9 Å². The summed E-state index contributed by atoms with van der Waals surface area (Å²) in [7, 11) is -1.41. The summed E-state index contributed by atoms with van der Waals surface area (Å²) in [4.78, 5) is 0. The van der Waals surface area contributed by atoms with Gasteiger partial charge in [0.05, 0.1) is 8.07 Å². The van der Waals surface area contributed by atoms with Crippen LogP contribution in [-0.4, -0.2) is 8.07 Å². The van der Waals surface area contributed by atoms with Gasteiger partial charge in [-0.25, -0.2) is 0 Å². The highest BCUT2D eigenvalue weighted by Crippen LogP contribution is 2.34. The van der Waals surface area contributed by atoms with E-state index in [4.69, 9.17) is 0 Å². The molecule has 0 bridgehead atoms. The molecule has 0 amide bonds. The quantitative estimate of drug-likeness (QED) is 0.695. The summed E-state index contributed by atoms with van der Waals surface area (Å²) in [6.45, 7) is 9.56. The fraction of sp³-hybridized carbons (Fsp3) is 0.412. The SMILES string of the molecule is CCC(C)C1=CC([Si](C)(C)c2ccccc2)C=C1. The molecule has 1 heteroatoms. The molecule has 0 N–H and O–H groups in total. The predicted octanol–water partition coefficient (Wildman–Crippen LogP) is 4.51. The zero-order valence-corrected chi connectivity index (χ0v) is 13.0. The average molecular weight is 256 g/mol. The largest absolute Gasteiger partial charge is 0.0911 e. The van der Waals surface area contributed by atoms with Crippen LogP contribution in [0, 0.1) is 5.92 Å². The van der Waals surface area contributed by atoms with Crippen LogP contribution in [0.4, 0.5) is 0 Å². The second kappa shape index (κ2) is 5.27. The van der Waals surface area contributed by atoms with Crippen molar-refractivity contribution in [1.82, 2.24) is 0 Å².